The first-order valence-corrected chi connectivity index (χ1v) is 11.7. The summed E-state index contributed by atoms with van der Waals surface area (Å²) in [6, 6.07) is 29.3. The summed E-state index contributed by atoms with van der Waals surface area (Å²) in [6.07, 6.45) is 1.48. The molecule has 0 heterocycles. The number of ether oxygens (including phenoxy) is 2. The van der Waals surface area contributed by atoms with E-state index in [2.05, 4.69) is 10.6 Å². The fraction of sp³-hybridized carbons (Fsp3) is 0.100. The number of amides is 2. The molecule has 184 valence electrons. The lowest BCUT2D eigenvalue weighted by atomic mass is 10.1. The van der Waals surface area contributed by atoms with Gasteiger partial charge in [0.2, 0.25) is 0 Å². The summed E-state index contributed by atoms with van der Waals surface area (Å²) in [4.78, 5) is 25.1. The number of hydrogen-bond donors (Lipinski definition) is 2. The molecular formula is C30H25N3O4. The van der Waals surface area contributed by atoms with Gasteiger partial charge >= 0.3 is 0 Å². The van der Waals surface area contributed by atoms with Gasteiger partial charge in [-0.2, -0.15) is 5.26 Å². The number of para-hydroxylation sites is 1. The van der Waals surface area contributed by atoms with Crippen molar-refractivity contribution in [1.29, 1.82) is 5.26 Å². The van der Waals surface area contributed by atoms with E-state index in [-0.39, 0.29) is 18.1 Å². The fourth-order valence-corrected chi connectivity index (χ4v) is 3.70. The number of benzene rings is 4. The first kappa shape index (κ1) is 25.0. The second-order valence-electron chi connectivity index (χ2n) is 7.99. The maximum absolute atomic E-state index is 12.9. The maximum Gasteiger partial charge on any atom is 0.266 e. The van der Waals surface area contributed by atoms with Crippen LogP contribution in [0.1, 0.15) is 12.5 Å². The van der Waals surface area contributed by atoms with Crippen LogP contribution in [0.2, 0.25) is 0 Å². The summed E-state index contributed by atoms with van der Waals surface area (Å²) in [6.45, 7) is 1.99. The molecule has 0 fully saturated rings. The molecule has 0 unspecified atom stereocenters. The second kappa shape index (κ2) is 12.0. The Morgan fingerprint density at radius 1 is 0.865 bits per heavy atom. The maximum atomic E-state index is 12.9. The number of nitrogens with zero attached hydrogens (tertiary/aromatic N) is 1. The monoisotopic (exact) mass is 491 g/mol. The molecule has 4 rings (SSSR count). The lowest BCUT2D eigenvalue weighted by Gasteiger charge is -2.13. The molecule has 2 amide bonds. The van der Waals surface area contributed by atoms with Crippen LogP contribution in [0.25, 0.3) is 16.8 Å². The Morgan fingerprint density at radius 2 is 1.62 bits per heavy atom. The molecule has 7 heteroatoms. The highest BCUT2D eigenvalue weighted by Crippen LogP contribution is 2.30. The number of carbonyl (C=O) groups is 2. The molecular weight excluding hydrogens is 466 g/mol. The minimum atomic E-state index is -0.519. The van der Waals surface area contributed by atoms with E-state index >= 15 is 0 Å². The molecule has 0 bridgehead atoms. The van der Waals surface area contributed by atoms with Gasteiger partial charge in [-0.25, -0.2) is 0 Å². The number of fused-ring (bicyclic) bond motifs is 1. The van der Waals surface area contributed by atoms with Gasteiger partial charge in [-0.1, -0.05) is 60.7 Å². The number of nitrogens with one attached hydrogen (secondary N) is 2. The zero-order chi connectivity index (χ0) is 26.0. The van der Waals surface area contributed by atoms with E-state index < -0.39 is 5.91 Å². The third kappa shape index (κ3) is 6.53. The topological polar surface area (TPSA) is 100 Å². The minimum Gasteiger partial charge on any atom is -0.490 e. The largest absolute Gasteiger partial charge is 0.490 e. The van der Waals surface area contributed by atoms with Crippen LogP contribution < -0.4 is 20.1 Å². The first-order chi connectivity index (χ1) is 18.1. The number of nitriles is 1. The Bertz CT molecular complexity index is 1480. The van der Waals surface area contributed by atoms with Crippen LogP contribution in [0.5, 0.6) is 11.5 Å². The van der Waals surface area contributed by atoms with Crippen molar-refractivity contribution in [2.24, 2.45) is 0 Å². The third-order valence-corrected chi connectivity index (χ3v) is 5.40. The molecule has 4 aromatic carbocycles. The zero-order valence-corrected chi connectivity index (χ0v) is 20.2. The van der Waals surface area contributed by atoms with Gasteiger partial charge < -0.3 is 20.1 Å². The van der Waals surface area contributed by atoms with Crippen molar-refractivity contribution in [3.63, 3.8) is 0 Å². The number of hydrogen-bond acceptors (Lipinski definition) is 5. The van der Waals surface area contributed by atoms with Crippen molar-refractivity contribution < 1.29 is 19.1 Å². The van der Waals surface area contributed by atoms with Gasteiger partial charge in [-0.3, -0.25) is 9.59 Å². The van der Waals surface area contributed by atoms with Crippen LogP contribution in [0.4, 0.5) is 11.4 Å². The predicted molar refractivity (Wildman–Crippen MR) is 144 cm³/mol. The van der Waals surface area contributed by atoms with Crippen LogP contribution >= 0.6 is 0 Å². The number of rotatable bonds is 9. The van der Waals surface area contributed by atoms with Gasteiger partial charge in [0.25, 0.3) is 11.8 Å². The van der Waals surface area contributed by atoms with Crippen molar-refractivity contribution in [2.45, 2.75) is 6.92 Å². The van der Waals surface area contributed by atoms with Gasteiger partial charge in [-0.15, -0.1) is 0 Å². The third-order valence-electron chi connectivity index (χ3n) is 5.40. The highest BCUT2D eigenvalue weighted by molar-refractivity contribution is 6.13. The van der Waals surface area contributed by atoms with Gasteiger partial charge in [0, 0.05) is 16.8 Å². The standard InChI is InChI=1S/C30H25N3O4/c1-2-36-28-18-21(15-16-27(28)37-20-29(34)32-24-11-4-3-5-12-24)17-23(19-31)30(35)33-26-14-8-10-22-9-6-7-13-25(22)26/h3-18H,2,20H2,1H3,(H,32,34)(H,33,35)/b23-17+. The van der Waals surface area contributed by atoms with E-state index in [0.717, 1.165) is 10.8 Å². The summed E-state index contributed by atoms with van der Waals surface area (Å²) in [5.41, 5.74) is 1.81. The van der Waals surface area contributed by atoms with Crippen LogP contribution in [-0.2, 0) is 9.59 Å². The molecule has 0 atom stereocenters. The van der Waals surface area contributed by atoms with Crippen molar-refractivity contribution in [3.8, 4) is 17.6 Å². The second-order valence-corrected chi connectivity index (χ2v) is 7.99. The molecule has 0 radical (unpaired) electrons. The fourth-order valence-electron chi connectivity index (χ4n) is 3.70. The van der Waals surface area contributed by atoms with Crippen LogP contribution in [0.3, 0.4) is 0 Å². The van der Waals surface area contributed by atoms with Crippen LogP contribution in [0, 0.1) is 11.3 Å². The lowest BCUT2D eigenvalue weighted by molar-refractivity contribution is -0.118. The Labute approximate surface area is 214 Å². The molecule has 0 saturated heterocycles. The Balaban J connectivity index is 1.48. The highest BCUT2D eigenvalue weighted by atomic mass is 16.5. The van der Waals surface area contributed by atoms with E-state index in [0.29, 0.717) is 35.0 Å². The van der Waals surface area contributed by atoms with Crippen molar-refractivity contribution in [2.75, 3.05) is 23.8 Å². The molecule has 0 aliphatic carbocycles. The van der Waals surface area contributed by atoms with Gasteiger partial charge in [0.1, 0.15) is 11.6 Å². The molecule has 0 saturated carbocycles. The molecule has 0 aliphatic heterocycles. The SMILES string of the molecule is CCOc1cc(/C=C(\C#N)C(=O)Nc2cccc3ccccc23)ccc1OCC(=O)Nc1ccccc1. The summed E-state index contributed by atoms with van der Waals surface area (Å²) >= 11 is 0. The van der Waals surface area contributed by atoms with E-state index in [1.54, 1.807) is 36.4 Å². The van der Waals surface area contributed by atoms with E-state index in [9.17, 15) is 14.9 Å². The van der Waals surface area contributed by atoms with Gasteiger partial charge in [-0.05, 0) is 54.3 Å². The molecule has 37 heavy (non-hydrogen) atoms. The average Bonchev–Trinajstić information content (AvgIpc) is 2.92. The van der Waals surface area contributed by atoms with E-state index in [1.165, 1.54) is 6.08 Å². The Kier molecular flexibility index (Phi) is 8.15. The van der Waals surface area contributed by atoms with Crippen molar-refractivity contribution in [3.05, 3.63) is 102 Å². The van der Waals surface area contributed by atoms with Crippen LogP contribution in [-0.4, -0.2) is 25.0 Å². The first-order valence-electron chi connectivity index (χ1n) is 11.7. The summed E-state index contributed by atoms with van der Waals surface area (Å²) < 4.78 is 11.4. The van der Waals surface area contributed by atoms with Crippen LogP contribution in [0.15, 0.2) is 96.6 Å². The number of carbonyl (C=O) groups excluding carboxylic acids is 2. The molecule has 2 N–H and O–H groups in total. The summed E-state index contributed by atoms with van der Waals surface area (Å²) in [5, 5.41) is 17.1. The normalized spacial score (nSPS) is 10.9. The minimum absolute atomic E-state index is 0.0636. The molecule has 0 aliphatic rings. The van der Waals surface area contributed by atoms with Crippen molar-refractivity contribution >= 4 is 40.0 Å². The molecule has 0 aromatic heterocycles. The quantitative estimate of drug-likeness (QED) is 0.228. The predicted octanol–water partition coefficient (Wildman–Crippen LogP) is 5.80. The zero-order valence-electron chi connectivity index (χ0n) is 20.2. The highest BCUT2D eigenvalue weighted by Gasteiger charge is 2.13. The molecule has 4 aromatic rings. The summed E-state index contributed by atoms with van der Waals surface area (Å²) in [5.74, 6) is -0.0549. The van der Waals surface area contributed by atoms with E-state index in [1.807, 2.05) is 67.6 Å². The Hall–Kier alpha value is -5.09. The number of anilines is 2. The summed E-state index contributed by atoms with van der Waals surface area (Å²) in [7, 11) is 0. The van der Waals surface area contributed by atoms with Gasteiger partial charge in [0.15, 0.2) is 18.1 Å². The molecule has 0 spiro atoms. The van der Waals surface area contributed by atoms with Gasteiger partial charge in [0.05, 0.1) is 6.61 Å². The average molecular weight is 492 g/mol. The Morgan fingerprint density at radius 3 is 2.41 bits per heavy atom. The van der Waals surface area contributed by atoms with Crippen molar-refractivity contribution in [1.82, 2.24) is 0 Å². The van der Waals surface area contributed by atoms with E-state index in [4.69, 9.17) is 9.47 Å². The lowest BCUT2D eigenvalue weighted by Crippen LogP contribution is -2.20. The smallest absolute Gasteiger partial charge is 0.266 e. The molecule has 7 nitrogen and oxygen atoms in total.